The summed E-state index contributed by atoms with van der Waals surface area (Å²) in [4.78, 5) is 11.6. The van der Waals surface area contributed by atoms with Gasteiger partial charge < -0.3 is 5.11 Å². The van der Waals surface area contributed by atoms with E-state index >= 15 is 0 Å². The molecule has 0 atom stereocenters. The Morgan fingerprint density at radius 1 is 1.43 bits per heavy atom. The molecule has 0 amide bonds. The van der Waals surface area contributed by atoms with Crippen LogP contribution in [0.4, 0.5) is 0 Å². The fourth-order valence-corrected chi connectivity index (χ4v) is 2.26. The number of benzene rings is 1. The number of carboxylic acid groups (broad SMARTS) is 1. The van der Waals surface area contributed by atoms with Crippen molar-refractivity contribution in [3.8, 4) is 0 Å². The number of hydrogen-bond acceptors (Lipinski definition) is 2. The number of aromatic carboxylic acids is 1. The summed E-state index contributed by atoms with van der Waals surface area (Å²) in [6.45, 7) is 4.10. The van der Waals surface area contributed by atoms with Crippen LogP contribution in [0.3, 0.4) is 0 Å². The molecule has 14 heavy (non-hydrogen) atoms. The monoisotopic (exact) mass is 230 g/mol. The lowest BCUT2D eigenvalue weighted by Crippen LogP contribution is -1.96. The van der Waals surface area contributed by atoms with Crippen LogP contribution in [-0.2, 0) is 0 Å². The fraction of sp³-hybridized carbons (Fsp3) is 0.300. The Morgan fingerprint density at radius 3 is 2.57 bits per heavy atom. The van der Waals surface area contributed by atoms with E-state index in [9.17, 15) is 4.79 Å². The lowest BCUT2D eigenvalue weighted by Gasteiger charge is -2.06. The molecule has 0 saturated heterocycles. The van der Waals surface area contributed by atoms with Crippen LogP contribution in [-0.4, -0.2) is 16.3 Å². The van der Waals surface area contributed by atoms with E-state index in [4.69, 9.17) is 16.7 Å². The predicted octanol–water partition coefficient (Wildman–Crippen LogP) is 3.54. The van der Waals surface area contributed by atoms with Crippen LogP contribution in [0.1, 0.15) is 24.2 Å². The molecule has 0 bridgehead atoms. The van der Waals surface area contributed by atoms with Gasteiger partial charge in [0.15, 0.2) is 0 Å². The van der Waals surface area contributed by atoms with Crippen LogP contribution in [0.15, 0.2) is 23.1 Å². The van der Waals surface area contributed by atoms with Gasteiger partial charge in [-0.25, -0.2) is 4.79 Å². The highest BCUT2D eigenvalue weighted by Gasteiger charge is 2.07. The van der Waals surface area contributed by atoms with Gasteiger partial charge in [0, 0.05) is 15.2 Å². The summed E-state index contributed by atoms with van der Waals surface area (Å²) in [7, 11) is 0. The summed E-state index contributed by atoms with van der Waals surface area (Å²) in [5, 5.41) is 9.68. The fourth-order valence-electron chi connectivity index (χ4n) is 1.03. The Kier molecular flexibility index (Phi) is 3.84. The van der Waals surface area contributed by atoms with E-state index < -0.39 is 5.97 Å². The highest BCUT2D eigenvalue weighted by atomic mass is 35.5. The quantitative estimate of drug-likeness (QED) is 0.807. The van der Waals surface area contributed by atoms with Crippen molar-refractivity contribution in [3.05, 3.63) is 28.8 Å². The van der Waals surface area contributed by atoms with E-state index in [1.54, 1.807) is 23.9 Å². The highest BCUT2D eigenvalue weighted by molar-refractivity contribution is 7.99. The van der Waals surface area contributed by atoms with Gasteiger partial charge in [0.05, 0.1) is 5.56 Å². The molecule has 0 aromatic heterocycles. The van der Waals surface area contributed by atoms with Gasteiger partial charge in [-0.1, -0.05) is 25.4 Å². The van der Waals surface area contributed by atoms with Gasteiger partial charge in [-0.15, -0.1) is 11.8 Å². The molecule has 0 aliphatic heterocycles. The maximum atomic E-state index is 10.7. The van der Waals surface area contributed by atoms with E-state index in [0.717, 1.165) is 4.90 Å². The highest BCUT2D eigenvalue weighted by Crippen LogP contribution is 2.27. The van der Waals surface area contributed by atoms with Crippen molar-refractivity contribution >= 4 is 29.3 Å². The second-order valence-electron chi connectivity index (χ2n) is 3.15. The largest absolute Gasteiger partial charge is 0.478 e. The van der Waals surface area contributed by atoms with Gasteiger partial charge in [0.2, 0.25) is 0 Å². The van der Waals surface area contributed by atoms with E-state index in [0.29, 0.717) is 10.3 Å². The number of halogens is 1. The van der Waals surface area contributed by atoms with Crippen LogP contribution < -0.4 is 0 Å². The van der Waals surface area contributed by atoms with Gasteiger partial charge in [-0.05, 0) is 18.2 Å². The molecule has 1 aromatic rings. The molecule has 0 radical (unpaired) electrons. The van der Waals surface area contributed by atoms with Crippen LogP contribution >= 0.6 is 23.4 Å². The SMILES string of the molecule is CC(C)Sc1cc(Cl)cc(C(=O)O)c1. The van der Waals surface area contributed by atoms with Crippen LogP contribution in [0.5, 0.6) is 0 Å². The van der Waals surface area contributed by atoms with Gasteiger partial charge in [-0.3, -0.25) is 0 Å². The molecule has 0 fully saturated rings. The van der Waals surface area contributed by atoms with Crippen molar-refractivity contribution in [3.63, 3.8) is 0 Å². The third-order valence-electron chi connectivity index (χ3n) is 1.49. The molecule has 1 rings (SSSR count). The van der Waals surface area contributed by atoms with Gasteiger partial charge in [0.1, 0.15) is 0 Å². The normalized spacial score (nSPS) is 10.6. The zero-order chi connectivity index (χ0) is 10.7. The number of hydrogen-bond donors (Lipinski definition) is 1. The first-order valence-corrected chi connectivity index (χ1v) is 5.45. The zero-order valence-corrected chi connectivity index (χ0v) is 9.52. The average Bonchev–Trinajstić information content (AvgIpc) is 2.01. The average molecular weight is 231 g/mol. The Labute approximate surface area is 92.3 Å². The van der Waals surface area contributed by atoms with E-state index in [1.165, 1.54) is 6.07 Å². The van der Waals surface area contributed by atoms with Crippen molar-refractivity contribution < 1.29 is 9.90 Å². The van der Waals surface area contributed by atoms with Crippen molar-refractivity contribution in [2.45, 2.75) is 24.0 Å². The molecule has 1 aromatic carbocycles. The lowest BCUT2D eigenvalue weighted by molar-refractivity contribution is 0.0696. The summed E-state index contributed by atoms with van der Waals surface area (Å²) in [5.74, 6) is -0.946. The molecule has 2 nitrogen and oxygen atoms in total. The summed E-state index contributed by atoms with van der Waals surface area (Å²) >= 11 is 7.40. The molecule has 76 valence electrons. The molecule has 0 unspecified atom stereocenters. The Balaban J connectivity index is 3.01. The number of rotatable bonds is 3. The minimum atomic E-state index is -0.946. The van der Waals surface area contributed by atoms with Crippen molar-refractivity contribution in [2.75, 3.05) is 0 Å². The van der Waals surface area contributed by atoms with Crippen molar-refractivity contribution in [1.29, 1.82) is 0 Å². The Bertz CT molecular complexity index is 350. The molecule has 0 aliphatic carbocycles. The van der Waals surface area contributed by atoms with E-state index in [1.807, 2.05) is 13.8 Å². The topological polar surface area (TPSA) is 37.3 Å². The molecular formula is C10H11ClO2S. The maximum Gasteiger partial charge on any atom is 0.335 e. The number of carbonyl (C=O) groups is 1. The summed E-state index contributed by atoms with van der Waals surface area (Å²) in [6.07, 6.45) is 0. The smallest absolute Gasteiger partial charge is 0.335 e. The van der Waals surface area contributed by atoms with E-state index in [-0.39, 0.29) is 5.56 Å². The summed E-state index contributed by atoms with van der Waals surface area (Å²) < 4.78 is 0. The minimum Gasteiger partial charge on any atom is -0.478 e. The number of thioether (sulfide) groups is 1. The van der Waals surface area contributed by atoms with Crippen molar-refractivity contribution in [2.24, 2.45) is 0 Å². The first-order valence-electron chi connectivity index (χ1n) is 4.19. The molecular weight excluding hydrogens is 220 g/mol. The summed E-state index contributed by atoms with van der Waals surface area (Å²) in [5.41, 5.74) is 0.237. The predicted molar refractivity (Wildman–Crippen MR) is 59.4 cm³/mol. The summed E-state index contributed by atoms with van der Waals surface area (Å²) in [6, 6.07) is 4.87. The third-order valence-corrected chi connectivity index (χ3v) is 2.69. The standard InChI is InChI=1S/C10H11ClO2S/c1-6(2)14-9-4-7(10(12)13)3-8(11)5-9/h3-6H,1-2H3,(H,12,13). The van der Waals surface area contributed by atoms with Gasteiger partial charge >= 0.3 is 5.97 Å². The van der Waals surface area contributed by atoms with Gasteiger partial charge in [0.25, 0.3) is 0 Å². The van der Waals surface area contributed by atoms with Crippen LogP contribution in [0.25, 0.3) is 0 Å². The molecule has 0 saturated carbocycles. The Morgan fingerprint density at radius 2 is 2.07 bits per heavy atom. The molecule has 1 N–H and O–H groups in total. The second-order valence-corrected chi connectivity index (χ2v) is 5.23. The van der Waals surface area contributed by atoms with E-state index in [2.05, 4.69) is 0 Å². The van der Waals surface area contributed by atoms with Crippen LogP contribution in [0.2, 0.25) is 5.02 Å². The first-order chi connectivity index (χ1) is 6.49. The van der Waals surface area contributed by atoms with Crippen molar-refractivity contribution in [1.82, 2.24) is 0 Å². The minimum absolute atomic E-state index is 0.237. The van der Waals surface area contributed by atoms with Crippen LogP contribution in [0, 0.1) is 0 Å². The Hall–Kier alpha value is -0.670. The molecule has 0 spiro atoms. The lowest BCUT2D eigenvalue weighted by atomic mass is 10.2. The third kappa shape index (κ3) is 3.24. The molecule has 0 aliphatic rings. The molecule has 0 heterocycles. The number of carboxylic acids is 1. The first kappa shape index (κ1) is 11.4. The second kappa shape index (κ2) is 4.71. The molecule has 4 heteroatoms. The zero-order valence-electron chi connectivity index (χ0n) is 7.95. The van der Waals surface area contributed by atoms with Gasteiger partial charge in [-0.2, -0.15) is 0 Å². The maximum absolute atomic E-state index is 10.7.